The maximum Gasteiger partial charge on any atom is 0.255 e. The molecule has 0 unspecified atom stereocenters. The molecule has 0 aromatic heterocycles. The van der Waals surface area contributed by atoms with Crippen LogP contribution in [0, 0.1) is 17.7 Å². The van der Waals surface area contributed by atoms with Gasteiger partial charge < -0.3 is 11.1 Å². The van der Waals surface area contributed by atoms with Gasteiger partial charge in [-0.25, -0.2) is 4.39 Å². The number of anilines is 1. The molecule has 2 aromatic carbocycles. The number of halogens is 2. The van der Waals surface area contributed by atoms with Crippen LogP contribution in [0.3, 0.4) is 0 Å². The highest BCUT2D eigenvalue weighted by molar-refractivity contribution is 6.32. The SMILES string of the molecule is NCC#Cc1ccc(C(=O)Nc2cccc(F)c2)cc1Cl. The normalized spacial score (nSPS) is 9.67. The fraction of sp³-hybridized carbons (Fsp3) is 0.0625. The second kappa shape index (κ2) is 6.89. The van der Waals surface area contributed by atoms with E-state index in [2.05, 4.69) is 17.2 Å². The fourth-order valence-electron chi connectivity index (χ4n) is 1.67. The number of hydrogen-bond donors (Lipinski definition) is 2. The van der Waals surface area contributed by atoms with Gasteiger partial charge in [0.2, 0.25) is 0 Å². The third-order valence-electron chi connectivity index (χ3n) is 2.64. The van der Waals surface area contributed by atoms with Gasteiger partial charge in [-0.2, -0.15) is 0 Å². The minimum atomic E-state index is -0.418. The molecule has 1 amide bonds. The van der Waals surface area contributed by atoms with Crippen molar-refractivity contribution in [3.05, 3.63) is 64.4 Å². The second-order valence-corrected chi connectivity index (χ2v) is 4.57. The summed E-state index contributed by atoms with van der Waals surface area (Å²) in [5.74, 6) is 4.71. The van der Waals surface area contributed by atoms with Crippen molar-refractivity contribution in [3.63, 3.8) is 0 Å². The van der Waals surface area contributed by atoms with E-state index < -0.39 is 5.82 Å². The Balaban J connectivity index is 2.18. The zero-order chi connectivity index (χ0) is 15.2. The lowest BCUT2D eigenvalue weighted by molar-refractivity contribution is 0.102. The number of hydrogen-bond acceptors (Lipinski definition) is 2. The molecular formula is C16H12ClFN2O. The standard InChI is InChI=1S/C16H12ClFN2O/c17-15-9-12(7-6-11(15)3-2-8-19)16(21)20-14-5-1-4-13(18)10-14/h1,4-7,9-10H,8,19H2,(H,20,21). The summed E-state index contributed by atoms with van der Waals surface area (Å²) < 4.78 is 13.1. The lowest BCUT2D eigenvalue weighted by atomic mass is 10.1. The number of rotatable bonds is 2. The van der Waals surface area contributed by atoms with Crippen LogP contribution < -0.4 is 11.1 Å². The predicted octanol–water partition coefficient (Wildman–Crippen LogP) is 3.04. The Hall–Kier alpha value is -2.35. The zero-order valence-corrected chi connectivity index (χ0v) is 11.7. The molecule has 0 spiro atoms. The van der Waals surface area contributed by atoms with Crippen LogP contribution in [0.25, 0.3) is 0 Å². The predicted molar refractivity (Wildman–Crippen MR) is 81.7 cm³/mol. The van der Waals surface area contributed by atoms with Crippen LogP contribution in [0.5, 0.6) is 0 Å². The second-order valence-electron chi connectivity index (χ2n) is 4.16. The van der Waals surface area contributed by atoms with Gasteiger partial charge in [-0.15, -0.1) is 0 Å². The number of carbonyl (C=O) groups is 1. The van der Waals surface area contributed by atoms with E-state index >= 15 is 0 Å². The summed E-state index contributed by atoms with van der Waals surface area (Å²) in [6.45, 7) is 0.234. The average molecular weight is 303 g/mol. The van der Waals surface area contributed by atoms with Crippen LogP contribution in [0.1, 0.15) is 15.9 Å². The Morgan fingerprint density at radius 1 is 1.29 bits per heavy atom. The van der Waals surface area contributed by atoms with E-state index in [1.807, 2.05) is 0 Å². The van der Waals surface area contributed by atoms with E-state index in [9.17, 15) is 9.18 Å². The van der Waals surface area contributed by atoms with E-state index in [0.717, 1.165) is 0 Å². The number of benzene rings is 2. The highest BCUT2D eigenvalue weighted by Gasteiger charge is 2.08. The summed E-state index contributed by atoms with van der Waals surface area (Å²) in [4.78, 5) is 12.1. The fourth-order valence-corrected chi connectivity index (χ4v) is 1.90. The van der Waals surface area contributed by atoms with Gasteiger partial charge in [0.25, 0.3) is 5.91 Å². The van der Waals surface area contributed by atoms with Gasteiger partial charge in [-0.1, -0.05) is 29.5 Å². The Labute approximate surface area is 126 Å². The van der Waals surface area contributed by atoms with E-state index in [0.29, 0.717) is 21.8 Å². The molecule has 5 heteroatoms. The van der Waals surface area contributed by atoms with Crippen molar-refractivity contribution in [2.45, 2.75) is 0 Å². The molecule has 0 radical (unpaired) electrons. The van der Waals surface area contributed by atoms with Gasteiger partial charge in [0.15, 0.2) is 0 Å². The van der Waals surface area contributed by atoms with E-state index in [1.165, 1.54) is 24.3 Å². The molecule has 0 atom stereocenters. The highest BCUT2D eigenvalue weighted by atomic mass is 35.5. The Morgan fingerprint density at radius 3 is 2.76 bits per heavy atom. The summed E-state index contributed by atoms with van der Waals surface area (Å²) in [7, 11) is 0. The van der Waals surface area contributed by atoms with Gasteiger partial charge >= 0.3 is 0 Å². The van der Waals surface area contributed by atoms with Crippen molar-refractivity contribution in [1.82, 2.24) is 0 Å². The molecule has 2 rings (SSSR count). The zero-order valence-electron chi connectivity index (χ0n) is 11.0. The molecule has 0 heterocycles. The van der Waals surface area contributed by atoms with Crippen LogP contribution in [0.2, 0.25) is 5.02 Å². The molecule has 3 nitrogen and oxygen atoms in total. The highest BCUT2D eigenvalue weighted by Crippen LogP contribution is 2.18. The molecule has 21 heavy (non-hydrogen) atoms. The van der Waals surface area contributed by atoms with Crippen molar-refractivity contribution in [2.24, 2.45) is 5.73 Å². The molecule has 2 aromatic rings. The molecule has 0 aliphatic rings. The molecule has 3 N–H and O–H groups in total. The minimum absolute atomic E-state index is 0.234. The van der Waals surface area contributed by atoms with Gasteiger partial charge in [0.1, 0.15) is 5.82 Å². The van der Waals surface area contributed by atoms with Crippen LogP contribution >= 0.6 is 11.6 Å². The number of nitrogens with two attached hydrogens (primary N) is 1. The van der Waals surface area contributed by atoms with Gasteiger partial charge in [-0.3, -0.25) is 4.79 Å². The molecule has 0 saturated heterocycles. The van der Waals surface area contributed by atoms with Gasteiger partial charge in [0, 0.05) is 16.8 Å². The molecule has 0 aliphatic carbocycles. The van der Waals surface area contributed by atoms with Gasteiger partial charge in [0.05, 0.1) is 11.6 Å². The lowest BCUT2D eigenvalue weighted by Crippen LogP contribution is -2.12. The average Bonchev–Trinajstić information content (AvgIpc) is 2.46. The lowest BCUT2D eigenvalue weighted by Gasteiger charge is -2.06. The first-order valence-corrected chi connectivity index (χ1v) is 6.53. The van der Waals surface area contributed by atoms with Gasteiger partial charge in [-0.05, 0) is 36.4 Å². The summed E-state index contributed by atoms with van der Waals surface area (Å²) in [6.07, 6.45) is 0. The number of carbonyl (C=O) groups excluding carboxylic acids is 1. The third kappa shape index (κ3) is 4.06. The monoisotopic (exact) mass is 302 g/mol. The Kier molecular flexibility index (Phi) is 4.94. The van der Waals surface area contributed by atoms with Crippen LogP contribution in [-0.2, 0) is 0 Å². The molecule has 106 valence electrons. The molecule has 0 bridgehead atoms. The van der Waals surface area contributed by atoms with Crippen molar-refractivity contribution >= 4 is 23.2 Å². The summed E-state index contributed by atoms with van der Waals surface area (Å²) >= 11 is 6.05. The quantitative estimate of drug-likeness (QED) is 0.838. The molecular weight excluding hydrogens is 291 g/mol. The first-order valence-electron chi connectivity index (χ1n) is 6.15. The maximum absolute atomic E-state index is 13.1. The van der Waals surface area contributed by atoms with E-state index in [-0.39, 0.29) is 12.5 Å². The first kappa shape index (κ1) is 15.0. The van der Waals surface area contributed by atoms with Crippen LogP contribution in [0.15, 0.2) is 42.5 Å². The molecule has 0 saturated carbocycles. The summed E-state index contributed by atoms with van der Waals surface area (Å²) in [6, 6.07) is 10.4. The Morgan fingerprint density at radius 2 is 2.10 bits per heavy atom. The first-order chi connectivity index (χ1) is 10.1. The van der Waals surface area contributed by atoms with E-state index in [1.54, 1.807) is 18.2 Å². The van der Waals surface area contributed by atoms with Crippen molar-refractivity contribution < 1.29 is 9.18 Å². The molecule has 0 aliphatic heterocycles. The largest absolute Gasteiger partial charge is 0.322 e. The van der Waals surface area contributed by atoms with Crippen molar-refractivity contribution in [2.75, 3.05) is 11.9 Å². The maximum atomic E-state index is 13.1. The van der Waals surface area contributed by atoms with Crippen molar-refractivity contribution in [1.29, 1.82) is 0 Å². The number of nitrogens with one attached hydrogen (secondary N) is 1. The van der Waals surface area contributed by atoms with Crippen LogP contribution in [0.4, 0.5) is 10.1 Å². The third-order valence-corrected chi connectivity index (χ3v) is 2.95. The summed E-state index contributed by atoms with van der Waals surface area (Å²) in [5, 5.41) is 2.96. The van der Waals surface area contributed by atoms with Crippen molar-refractivity contribution in [3.8, 4) is 11.8 Å². The smallest absolute Gasteiger partial charge is 0.255 e. The topological polar surface area (TPSA) is 55.1 Å². The summed E-state index contributed by atoms with van der Waals surface area (Å²) in [5.41, 5.74) is 6.63. The Bertz CT molecular complexity index is 735. The minimum Gasteiger partial charge on any atom is -0.322 e. The molecule has 0 fully saturated rings. The van der Waals surface area contributed by atoms with E-state index in [4.69, 9.17) is 17.3 Å². The number of amides is 1. The van der Waals surface area contributed by atoms with Crippen LogP contribution in [-0.4, -0.2) is 12.5 Å².